The van der Waals surface area contributed by atoms with Gasteiger partial charge in [0.15, 0.2) is 0 Å². The van der Waals surface area contributed by atoms with Gasteiger partial charge < -0.3 is 9.47 Å². The Morgan fingerprint density at radius 2 is 0.898 bits per heavy atom. The minimum Gasteiger partial charge on any atom is -0.310 e. The number of hydrogen-bond acceptors (Lipinski definition) is 1. The monoisotopic (exact) mass is 754 g/mol. The molecule has 9 aromatic carbocycles. The summed E-state index contributed by atoms with van der Waals surface area (Å²) in [7, 11) is 0. The van der Waals surface area contributed by atoms with Crippen LogP contribution in [0.3, 0.4) is 0 Å². The highest BCUT2D eigenvalue weighted by molar-refractivity contribution is 6.10. The van der Waals surface area contributed by atoms with Crippen LogP contribution in [0.1, 0.15) is 25.0 Å². The van der Waals surface area contributed by atoms with Crippen molar-refractivity contribution in [3.8, 4) is 50.2 Å². The van der Waals surface area contributed by atoms with E-state index in [1.807, 2.05) is 0 Å². The Hall–Kier alpha value is -7.42. The average Bonchev–Trinajstić information content (AvgIpc) is 3.75. The van der Waals surface area contributed by atoms with Gasteiger partial charge in [-0.05, 0) is 111 Å². The van der Waals surface area contributed by atoms with Crippen molar-refractivity contribution in [1.29, 1.82) is 0 Å². The van der Waals surface area contributed by atoms with Gasteiger partial charge in [0.1, 0.15) is 0 Å². The molecule has 1 aliphatic carbocycles. The quantitative estimate of drug-likeness (QED) is 0.157. The maximum atomic E-state index is 2.44. The molecule has 1 aliphatic rings. The average molecular weight is 755 g/mol. The van der Waals surface area contributed by atoms with Crippen LogP contribution in [0, 0.1) is 0 Å². The normalized spacial score (nSPS) is 12.7. The Morgan fingerprint density at radius 1 is 0.356 bits per heavy atom. The summed E-state index contributed by atoms with van der Waals surface area (Å²) in [5, 5.41) is 2.51. The zero-order valence-corrected chi connectivity index (χ0v) is 33.2. The van der Waals surface area contributed by atoms with Crippen LogP contribution < -0.4 is 4.90 Å². The summed E-state index contributed by atoms with van der Waals surface area (Å²) in [6.45, 7) is 4.72. The lowest BCUT2D eigenvalue weighted by atomic mass is 9.82. The molecule has 0 atom stereocenters. The molecular formula is C57H42N2. The number of fused-ring (bicyclic) bond motifs is 6. The Morgan fingerprint density at radius 3 is 1.69 bits per heavy atom. The van der Waals surface area contributed by atoms with Crippen LogP contribution >= 0.6 is 0 Å². The summed E-state index contributed by atoms with van der Waals surface area (Å²) in [4.78, 5) is 2.44. The van der Waals surface area contributed by atoms with Gasteiger partial charge in [-0.2, -0.15) is 0 Å². The molecule has 0 N–H and O–H groups in total. The zero-order valence-electron chi connectivity index (χ0n) is 33.2. The first-order valence-electron chi connectivity index (χ1n) is 20.5. The van der Waals surface area contributed by atoms with Crippen LogP contribution in [0.25, 0.3) is 72.0 Å². The molecule has 0 amide bonds. The second kappa shape index (κ2) is 13.9. The summed E-state index contributed by atoms with van der Waals surface area (Å²) in [6, 6.07) is 79.8. The molecular weight excluding hydrogens is 713 g/mol. The number of anilines is 3. The van der Waals surface area contributed by atoms with E-state index in [9.17, 15) is 0 Å². The van der Waals surface area contributed by atoms with E-state index in [1.54, 1.807) is 0 Å². The molecule has 0 aliphatic heterocycles. The molecule has 0 fully saturated rings. The summed E-state index contributed by atoms with van der Waals surface area (Å²) < 4.78 is 2.37. The van der Waals surface area contributed by atoms with E-state index in [0.29, 0.717) is 0 Å². The summed E-state index contributed by atoms with van der Waals surface area (Å²) in [5.41, 5.74) is 19.4. The maximum Gasteiger partial charge on any atom is 0.0541 e. The first-order valence-corrected chi connectivity index (χ1v) is 20.5. The highest BCUT2D eigenvalue weighted by atomic mass is 15.1. The lowest BCUT2D eigenvalue weighted by Crippen LogP contribution is -2.16. The van der Waals surface area contributed by atoms with Gasteiger partial charge in [-0.15, -0.1) is 0 Å². The van der Waals surface area contributed by atoms with Gasteiger partial charge in [-0.1, -0.05) is 172 Å². The molecule has 2 nitrogen and oxygen atoms in total. The van der Waals surface area contributed by atoms with Crippen molar-refractivity contribution in [2.24, 2.45) is 0 Å². The van der Waals surface area contributed by atoms with Crippen molar-refractivity contribution < 1.29 is 0 Å². The third-order valence-corrected chi connectivity index (χ3v) is 12.4. The number of para-hydroxylation sites is 3. The standard InChI is InChI=1S/C57H42N2/c1-57(2)52-22-12-9-20-48(52)49-35-34-46(38-53(49)57)58(54-23-13-10-19-47(54)42-27-25-40(26-28-42)39-15-5-3-6-16-39)45-32-29-41(30-33-45)43-31-36-56-51(37-43)50-21-11-14-24-55(50)59(56)44-17-7-4-8-18-44/h3-38H,1-2H3. The molecule has 2 heteroatoms. The summed E-state index contributed by atoms with van der Waals surface area (Å²) in [5.74, 6) is 0. The Labute approximate surface area is 345 Å². The molecule has 0 radical (unpaired) electrons. The van der Waals surface area contributed by atoms with Crippen molar-refractivity contribution in [1.82, 2.24) is 4.57 Å². The largest absolute Gasteiger partial charge is 0.310 e. The van der Waals surface area contributed by atoms with E-state index >= 15 is 0 Å². The van der Waals surface area contributed by atoms with Crippen molar-refractivity contribution in [3.63, 3.8) is 0 Å². The molecule has 0 unspecified atom stereocenters. The molecule has 0 spiro atoms. The molecule has 1 aromatic heterocycles. The smallest absolute Gasteiger partial charge is 0.0541 e. The van der Waals surface area contributed by atoms with Crippen LogP contribution in [-0.2, 0) is 5.41 Å². The molecule has 0 saturated carbocycles. The molecule has 59 heavy (non-hydrogen) atoms. The Kier molecular flexibility index (Phi) is 8.20. The number of hydrogen-bond donors (Lipinski definition) is 0. The van der Waals surface area contributed by atoms with E-state index in [-0.39, 0.29) is 5.41 Å². The van der Waals surface area contributed by atoms with E-state index in [4.69, 9.17) is 0 Å². The summed E-state index contributed by atoms with van der Waals surface area (Å²) >= 11 is 0. The van der Waals surface area contributed by atoms with Crippen molar-refractivity contribution in [3.05, 3.63) is 230 Å². The minimum atomic E-state index is -0.119. The van der Waals surface area contributed by atoms with Gasteiger partial charge in [0.2, 0.25) is 0 Å². The third kappa shape index (κ3) is 5.79. The first kappa shape index (κ1) is 34.8. The number of nitrogens with zero attached hydrogens (tertiary/aromatic N) is 2. The van der Waals surface area contributed by atoms with E-state index in [2.05, 4.69) is 242 Å². The van der Waals surface area contributed by atoms with Crippen LogP contribution in [0.2, 0.25) is 0 Å². The number of benzene rings is 9. The lowest BCUT2D eigenvalue weighted by molar-refractivity contribution is 0.660. The molecule has 0 saturated heterocycles. The number of aromatic nitrogens is 1. The first-order chi connectivity index (χ1) is 29.0. The molecule has 0 bridgehead atoms. The molecule has 10 aromatic rings. The van der Waals surface area contributed by atoms with E-state index in [1.165, 1.54) is 83.1 Å². The van der Waals surface area contributed by atoms with Gasteiger partial charge in [-0.25, -0.2) is 0 Å². The van der Waals surface area contributed by atoms with E-state index < -0.39 is 0 Å². The van der Waals surface area contributed by atoms with Gasteiger partial charge in [0.25, 0.3) is 0 Å². The summed E-state index contributed by atoms with van der Waals surface area (Å²) in [6.07, 6.45) is 0. The van der Waals surface area contributed by atoms with Crippen LogP contribution in [0.4, 0.5) is 17.1 Å². The fourth-order valence-corrected chi connectivity index (χ4v) is 9.45. The Bertz CT molecular complexity index is 3150. The molecule has 1 heterocycles. The van der Waals surface area contributed by atoms with Gasteiger partial charge >= 0.3 is 0 Å². The second-order valence-corrected chi connectivity index (χ2v) is 16.2. The topological polar surface area (TPSA) is 8.17 Å². The maximum absolute atomic E-state index is 2.44. The Balaban J connectivity index is 1.03. The van der Waals surface area contributed by atoms with Crippen molar-refractivity contribution in [2.75, 3.05) is 4.90 Å². The minimum absolute atomic E-state index is 0.119. The fraction of sp³-hybridized carbons (Fsp3) is 0.0526. The third-order valence-electron chi connectivity index (χ3n) is 12.4. The van der Waals surface area contributed by atoms with Gasteiger partial charge in [-0.3, -0.25) is 0 Å². The van der Waals surface area contributed by atoms with E-state index in [0.717, 1.165) is 17.1 Å². The lowest BCUT2D eigenvalue weighted by Gasteiger charge is -2.30. The highest BCUT2D eigenvalue weighted by Gasteiger charge is 2.36. The number of rotatable bonds is 7. The van der Waals surface area contributed by atoms with Crippen molar-refractivity contribution in [2.45, 2.75) is 19.3 Å². The van der Waals surface area contributed by atoms with Crippen LogP contribution in [-0.4, -0.2) is 4.57 Å². The molecule has 11 rings (SSSR count). The SMILES string of the molecule is CC1(C)c2ccccc2-c2ccc(N(c3ccc(-c4ccc5c(c4)c4ccccc4n5-c4ccccc4)cc3)c3ccccc3-c3ccc(-c4ccccc4)cc3)cc21. The highest BCUT2D eigenvalue weighted by Crippen LogP contribution is 2.51. The van der Waals surface area contributed by atoms with Gasteiger partial charge in [0, 0.05) is 38.8 Å². The molecule has 280 valence electrons. The van der Waals surface area contributed by atoms with Gasteiger partial charge in [0.05, 0.1) is 16.7 Å². The van der Waals surface area contributed by atoms with Crippen LogP contribution in [0.15, 0.2) is 218 Å². The van der Waals surface area contributed by atoms with Crippen LogP contribution in [0.5, 0.6) is 0 Å². The fourth-order valence-electron chi connectivity index (χ4n) is 9.45. The van der Waals surface area contributed by atoms with Crippen molar-refractivity contribution >= 4 is 38.9 Å². The zero-order chi connectivity index (χ0) is 39.5. The second-order valence-electron chi connectivity index (χ2n) is 16.2. The predicted molar refractivity (Wildman–Crippen MR) is 249 cm³/mol. The predicted octanol–water partition coefficient (Wildman–Crippen LogP) is 15.6.